The van der Waals surface area contributed by atoms with Gasteiger partial charge in [-0.25, -0.2) is 0 Å². The van der Waals surface area contributed by atoms with Crippen LogP contribution in [0.1, 0.15) is 38.8 Å². The molecule has 0 aromatic heterocycles. The topological polar surface area (TPSA) is 100 Å². The number of hydrogen-bond acceptors (Lipinski definition) is 6. The molecule has 8 nitrogen and oxygen atoms in total. The van der Waals surface area contributed by atoms with Crippen molar-refractivity contribution in [3.63, 3.8) is 0 Å². The smallest absolute Gasteiger partial charge is 0.255 e. The molecule has 1 aliphatic carbocycles. The van der Waals surface area contributed by atoms with E-state index in [1.54, 1.807) is 23.1 Å². The number of morpholine rings is 1. The van der Waals surface area contributed by atoms with Crippen LogP contribution in [0.5, 0.6) is 5.75 Å². The highest BCUT2D eigenvalue weighted by molar-refractivity contribution is 6.00. The Morgan fingerprint density at radius 3 is 2.56 bits per heavy atom. The number of rotatable bonds is 9. The zero-order valence-corrected chi connectivity index (χ0v) is 19.3. The van der Waals surface area contributed by atoms with Gasteiger partial charge in [0, 0.05) is 31.2 Å². The lowest BCUT2D eigenvalue weighted by atomic mass is 9.93. The van der Waals surface area contributed by atoms with Gasteiger partial charge in [-0.05, 0) is 49.1 Å². The van der Waals surface area contributed by atoms with E-state index in [0.29, 0.717) is 49.2 Å². The SMILES string of the molecule is CCOc1cc(C(=O)N2CC3OC[C@@H]32)ccc1C(=O)NC[C@@H](O)CNC1Cc2ccccc2C1. The molecule has 2 aromatic rings. The zero-order valence-electron chi connectivity index (χ0n) is 19.3. The molecule has 0 spiro atoms. The van der Waals surface area contributed by atoms with Crippen LogP contribution >= 0.6 is 0 Å². The average Bonchev–Trinajstić information content (AvgIpc) is 3.25. The number of aliphatic hydroxyl groups is 1. The van der Waals surface area contributed by atoms with E-state index in [-0.39, 0.29) is 30.5 Å². The molecule has 1 unspecified atom stereocenters. The molecule has 2 fully saturated rings. The molecule has 5 rings (SSSR count). The fourth-order valence-electron chi connectivity index (χ4n) is 4.88. The molecule has 8 heteroatoms. The normalized spacial score (nSPS) is 21.6. The van der Waals surface area contributed by atoms with Crippen molar-refractivity contribution in [1.29, 1.82) is 0 Å². The van der Waals surface area contributed by atoms with Gasteiger partial charge in [0.2, 0.25) is 0 Å². The van der Waals surface area contributed by atoms with Crippen molar-refractivity contribution in [2.75, 3.05) is 32.8 Å². The number of fused-ring (bicyclic) bond motifs is 2. The average molecular weight is 466 g/mol. The molecule has 0 bridgehead atoms. The van der Waals surface area contributed by atoms with Crippen LogP contribution in [0.15, 0.2) is 42.5 Å². The summed E-state index contributed by atoms with van der Waals surface area (Å²) < 4.78 is 11.0. The van der Waals surface area contributed by atoms with E-state index in [1.165, 1.54) is 11.1 Å². The highest BCUT2D eigenvalue weighted by atomic mass is 16.5. The van der Waals surface area contributed by atoms with Crippen molar-refractivity contribution in [1.82, 2.24) is 15.5 Å². The molecule has 34 heavy (non-hydrogen) atoms. The molecule has 180 valence electrons. The molecular formula is C26H31N3O5. The molecule has 2 aromatic carbocycles. The van der Waals surface area contributed by atoms with Gasteiger partial charge in [0.25, 0.3) is 11.8 Å². The van der Waals surface area contributed by atoms with E-state index in [0.717, 1.165) is 12.8 Å². The lowest BCUT2D eigenvalue weighted by Gasteiger charge is -2.54. The van der Waals surface area contributed by atoms with Crippen molar-refractivity contribution >= 4 is 11.8 Å². The predicted molar refractivity (Wildman–Crippen MR) is 126 cm³/mol. The third-order valence-electron chi connectivity index (χ3n) is 6.91. The molecule has 3 atom stereocenters. The van der Waals surface area contributed by atoms with Crippen LogP contribution in [0.4, 0.5) is 0 Å². The van der Waals surface area contributed by atoms with E-state index in [4.69, 9.17) is 9.47 Å². The number of nitrogens with one attached hydrogen (secondary N) is 2. The molecule has 0 radical (unpaired) electrons. The summed E-state index contributed by atoms with van der Waals surface area (Å²) in [6, 6.07) is 13.7. The van der Waals surface area contributed by atoms with Crippen LogP contribution in [0.2, 0.25) is 0 Å². The number of likely N-dealkylation sites (tertiary alicyclic amines) is 1. The van der Waals surface area contributed by atoms with E-state index in [1.807, 2.05) is 19.1 Å². The highest BCUT2D eigenvalue weighted by Gasteiger charge is 2.49. The molecular weight excluding hydrogens is 434 g/mol. The van der Waals surface area contributed by atoms with Crippen LogP contribution in [0.3, 0.4) is 0 Å². The fraction of sp³-hybridized carbons (Fsp3) is 0.462. The Balaban J connectivity index is 1.13. The maximum atomic E-state index is 12.8. The van der Waals surface area contributed by atoms with E-state index in [2.05, 4.69) is 22.8 Å². The maximum absolute atomic E-state index is 12.8. The van der Waals surface area contributed by atoms with Gasteiger partial charge in [-0.2, -0.15) is 0 Å². The van der Waals surface area contributed by atoms with Crippen LogP contribution in [-0.2, 0) is 17.6 Å². The van der Waals surface area contributed by atoms with Gasteiger partial charge < -0.3 is 30.1 Å². The van der Waals surface area contributed by atoms with E-state index < -0.39 is 6.10 Å². The molecule has 2 saturated heterocycles. The number of ether oxygens (including phenoxy) is 2. The summed E-state index contributed by atoms with van der Waals surface area (Å²) in [5.41, 5.74) is 3.54. The summed E-state index contributed by atoms with van der Waals surface area (Å²) in [6.07, 6.45) is 1.35. The Bertz CT molecular complexity index is 1050. The first kappa shape index (κ1) is 22.8. The van der Waals surface area contributed by atoms with Crippen molar-refractivity contribution in [3.8, 4) is 5.75 Å². The summed E-state index contributed by atoms with van der Waals surface area (Å²) >= 11 is 0. The first-order valence-electron chi connectivity index (χ1n) is 12.0. The predicted octanol–water partition coefficient (Wildman–Crippen LogP) is 1.16. The van der Waals surface area contributed by atoms with Gasteiger partial charge in [0.15, 0.2) is 0 Å². The number of amides is 2. The van der Waals surface area contributed by atoms with Gasteiger partial charge in [-0.15, -0.1) is 0 Å². The first-order chi connectivity index (χ1) is 16.5. The first-order valence-corrected chi connectivity index (χ1v) is 12.0. The second-order valence-corrected chi connectivity index (χ2v) is 9.19. The molecule has 2 heterocycles. The van der Waals surface area contributed by atoms with Gasteiger partial charge in [0.05, 0.1) is 37.0 Å². The minimum Gasteiger partial charge on any atom is -0.493 e. The monoisotopic (exact) mass is 465 g/mol. The number of hydrogen-bond donors (Lipinski definition) is 3. The number of carbonyl (C=O) groups excluding carboxylic acids is 2. The fourth-order valence-corrected chi connectivity index (χ4v) is 4.88. The lowest BCUT2D eigenvalue weighted by molar-refractivity contribution is -0.195. The third-order valence-corrected chi connectivity index (χ3v) is 6.91. The lowest BCUT2D eigenvalue weighted by Crippen LogP contribution is -2.71. The summed E-state index contributed by atoms with van der Waals surface area (Å²) in [7, 11) is 0. The Labute approximate surface area is 199 Å². The molecule has 3 aliphatic rings. The number of aliphatic hydroxyl groups excluding tert-OH is 1. The van der Waals surface area contributed by atoms with Crippen LogP contribution in [0, 0.1) is 0 Å². The minimum atomic E-state index is -0.715. The van der Waals surface area contributed by atoms with Gasteiger partial charge >= 0.3 is 0 Å². The van der Waals surface area contributed by atoms with Crippen LogP contribution < -0.4 is 15.4 Å². The second-order valence-electron chi connectivity index (χ2n) is 9.19. The van der Waals surface area contributed by atoms with Gasteiger partial charge in [0.1, 0.15) is 5.75 Å². The molecule has 0 saturated carbocycles. The quantitative estimate of drug-likeness (QED) is 0.514. The van der Waals surface area contributed by atoms with Crippen molar-refractivity contribution in [2.45, 2.75) is 44.1 Å². The summed E-state index contributed by atoms with van der Waals surface area (Å²) in [5.74, 6) is -0.0525. The van der Waals surface area contributed by atoms with Crippen molar-refractivity contribution in [3.05, 3.63) is 64.7 Å². The van der Waals surface area contributed by atoms with Gasteiger partial charge in [-0.1, -0.05) is 24.3 Å². The van der Waals surface area contributed by atoms with E-state index >= 15 is 0 Å². The van der Waals surface area contributed by atoms with Gasteiger partial charge in [-0.3, -0.25) is 9.59 Å². The maximum Gasteiger partial charge on any atom is 0.255 e. The Morgan fingerprint density at radius 2 is 1.94 bits per heavy atom. The summed E-state index contributed by atoms with van der Waals surface area (Å²) in [5, 5.41) is 16.6. The number of carbonyl (C=O) groups is 2. The van der Waals surface area contributed by atoms with Crippen LogP contribution in [-0.4, -0.2) is 79.0 Å². The van der Waals surface area contributed by atoms with Crippen LogP contribution in [0.25, 0.3) is 0 Å². The second kappa shape index (κ2) is 9.74. The Kier molecular flexibility index (Phi) is 6.54. The van der Waals surface area contributed by atoms with Crippen molar-refractivity contribution < 1.29 is 24.2 Å². The third kappa shape index (κ3) is 4.53. The number of benzene rings is 2. The molecule has 3 N–H and O–H groups in total. The zero-order chi connectivity index (χ0) is 23.7. The standard InChI is InChI=1S/C26H31N3O5/c1-2-33-23-11-18(26(32)29-14-24-22(29)15-34-24)7-8-21(23)25(31)28-13-20(30)12-27-19-9-16-5-3-4-6-17(16)10-19/h3-8,11,19-20,22,24,27,30H,2,9-10,12-15H2,1H3,(H,28,31)/t20-,22-,24?/m0/s1. The summed E-state index contributed by atoms with van der Waals surface area (Å²) in [4.78, 5) is 27.4. The minimum absolute atomic E-state index is 0.0759. The largest absolute Gasteiger partial charge is 0.493 e. The Hall–Kier alpha value is -2.94. The Morgan fingerprint density at radius 1 is 1.18 bits per heavy atom. The van der Waals surface area contributed by atoms with E-state index in [9.17, 15) is 14.7 Å². The summed E-state index contributed by atoms with van der Waals surface area (Å²) in [6.45, 7) is 3.91. The van der Waals surface area contributed by atoms with Crippen molar-refractivity contribution in [2.24, 2.45) is 0 Å². The highest BCUT2D eigenvalue weighted by Crippen LogP contribution is 2.32. The molecule has 2 amide bonds. The number of nitrogens with zero attached hydrogens (tertiary/aromatic N) is 1. The molecule has 2 aliphatic heterocycles.